The van der Waals surface area contributed by atoms with Crippen molar-refractivity contribution in [2.24, 2.45) is 0 Å². The van der Waals surface area contributed by atoms with Crippen molar-refractivity contribution < 1.29 is 13.2 Å². The number of nitrogens with one attached hydrogen (secondary N) is 1. The highest BCUT2D eigenvalue weighted by Gasteiger charge is 2.23. The third kappa shape index (κ3) is 5.62. The van der Waals surface area contributed by atoms with E-state index >= 15 is 0 Å². The summed E-state index contributed by atoms with van der Waals surface area (Å²) in [7, 11) is -2.31. The predicted octanol–water partition coefficient (Wildman–Crippen LogP) is 3.82. The highest BCUT2D eigenvalue weighted by atomic mass is 32.2. The Labute approximate surface area is 182 Å². The van der Waals surface area contributed by atoms with Crippen LogP contribution in [0.15, 0.2) is 71.6 Å². The summed E-state index contributed by atoms with van der Waals surface area (Å²) in [6.45, 7) is 2.38. The second-order valence-corrected chi connectivity index (χ2v) is 10.2. The molecule has 0 fully saturated rings. The average Bonchev–Trinajstić information content (AvgIpc) is 2.74. The van der Waals surface area contributed by atoms with Gasteiger partial charge in [-0.2, -0.15) is 16.1 Å². The maximum absolute atomic E-state index is 12.8. The fraction of sp³-hybridized carbons (Fsp3) is 0.261. The highest BCUT2D eigenvalue weighted by Crippen LogP contribution is 2.21. The first kappa shape index (κ1) is 22.3. The number of hydrogen-bond donors (Lipinski definition) is 1. The zero-order valence-electron chi connectivity index (χ0n) is 17.2. The summed E-state index contributed by atoms with van der Waals surface area (Å²) in [5.41, 5.74) is 2.55. The summed E-state index contributed by atoms with van der Waals surface area (Å²) in [5.74, 6) is 1.35. The number of carbonyl (C=O) groups excluding carboxylic acids is 1. The van der Waals surface area contributed by atoms with E-state index in [1.54, 1.807) is 30.0 Å². The molecule has 0 unspecified atom stereocenters. The van der Waals surface area contributed by atoms with Crippen LogP contribution in [0, 0.1) is 6.92 Å². The molecule has 1 amide bonds. The van der Waals surface area contributed by atoms with Gasteiger partial charge < -0.3 is 5.32 Å². The van der Waals surface area contributed by atoms with Gasteiger partial charge in [-0.15, -0.1) is 0 Å². The first-order valence-corrected chi connectivity index (χ1v) is 12.3. The molecule has 0 bridgehead atoms. The zero-order valence-corrected chi connectivity index (χ0v) is 18.8. The Morgan fingerprint density at radius 1 is 1.00 bits per heavy atom. The van der Waals surface area contributed by atoms with E-state index in [-0.39, 0.29) is 17.3 Å². The van der Waals surface area contributed by atoms with Gasteiger partial charge in [-0.05, 0) is 41.0 Å². The van der Waals surface area contributed by atoms with Gasteiger partial charge in [-0.25, -0.2) is 8.42 Å². The van der Waals surface area contributed by atoms with Crippen molar-refractivity contribution in [3.8, 4) is 0 Å². The van der Waals surface area contributed by atoms with Crippen LogP contribution in [-0.4, -0.2) is 44.5 Å². The second-order valence-electron chi connectivity index (χ2n) is 7.10. The Hall–Kier alpha value is -2.35. The van der Waals surface area contributed by atoms with Crippen LogP contribution in [0.5, 0.6) is 0 Å². The Bertz CT molecular complexity index is 1130. The maximum Gasteiger partial charge on any atom is 0.243 e. The minimum atomic E-state index is -3.73. The van der Waals surface area contributed by atoms with Crippen LogP contribution in [-0.2, 0) is 20.6 Å². The molecule has 0 aliphatic rings. The Morgan fingerprint density at radius 3 is 2.47 bits per heavy atom. The summed E-state index contributed by atoms with van der Waals surface area (Å²) >= 11 is 1.74. The average molecular weight is 443 g/mol. The molecule has 7 heteroatoms. The van der Waals surface area contributed by atoms with E-state index in [0.29, 0.717) is 6.54 Å². The molecule has 0 heterocycles. The summed E-state index contributed by atoms with van der Waals surface area (Å²) in [6.07, 6.45) is 0. The lowest BCUT2D eigenvalue weighted by molar-refractivity contribution is -0.121. The lowest BCUT2D eigenvalue weighted by atomic mass is 10.1. The van der Waals surface area contributed by atoms with Crippen LogP contribution in [0.3, 0.4) is 0 Å². The maximum atomic E-state index is 12.8. The molecule has 0 aromatic heterocycles. The van der Waals surface area contributed by atoms with Crippen molar-refractivity contribution in [2.45, 2.75) is 17.6 Å². The van der Waals surface area contributed by atoms with Crippen LogP contribution in [0.2, 0.25) is 0 Å². The number of nitrogens with zero attached hydrogens (tertiary/aromatic N) is 1. The van der Waals surface area contributed by atoms with Crippen molar-refractivity contribution in [2.75, 3.05) is 25.9 Å². The van der Waals surface area contributed by atoms with E-state index < -0.39 is 10.0 Å². The number of amides is 1. The summed E-state index contributed by atoms with van der Waals surface area (Å²) < 4.78 is 26.7. The molecule has 1 N–H and O–H groups in total. The Kier molecular flexibility index (Phi) is 7.53. The molecule has 158 valence electrons. The van der Waals surface area contributed by atoms with Gasteiger partial charge in [0.05, 0.1) is 11.4 Å². The molecule has 0 radical (unpaired) electrons. The smallest absolute Gasteiger partial charge is 0.243 e. The summed E-state index contributed by atoms with van der Waals surface area (Å²) in [5, 5.41) is 4.62. The second kappa shape index (κ2) is 10.1. The number of aryl methyl sites for hydroxylation is 1. The molecule has 0 aliphatic carbocycles. The van der Waals surface area contributed by atoms with E-state index in [0.717, 1.165) is 26.6 Å². The van der Waals surface area contributed by atoms with Gasteiger partial charge in [-0.1, -0.05) is 54.6 Å². The lowest BCUT2D eigenvalue weighted by Gasteiger charge is -2.17. The van der Waals surface area contributed by atoms with E-state index in [9.17, 15) is 13.2 Å². The molecule has 3 aromatic carbocycles. The molecule has 0 atom stereocenters. The monoisotopic (exact) mass is 442 g/mol. The number of benzene rings is 3. The van der Waals surface area contributed by atoms with Crippen LogP contribution in [0.1, 0.15) is 11.1 Å². The van der Waals surface area contributed by atoms with E-state index in [1.807, 2.05) is 36.4 Å². The highest BCUT2D eigenvalue weighted by molar-refractivity contribution is 7.98. The summed E-state index contributed by atoms with van der Waals surface area (Å²) in [4.78, 5) is 12.4. The van der Waals surface area contributed by atoms with Crippen molar-refractivity contribution in [3.63, 3.8) is 0 Å². The van der Waals surface area contributed by atoms with Gasteiger partial charge in [-0.3, -0.25) is 4.79 Å². The van der Waals surface area contributed by atoms with Crippen LogP contribution >= 0.6 is 11.8 Å². The molecule has 3 rings (SSSR count). The topological polar surface area (TPSA) is 66.5 Å². The molecule has 0 aliphatic heterocycles. The van der Waals surface area contributed by atoms with Gasteiger partial charge in [0.2, 0.25) is 15.9 Å². The first-order chi connectivity index (χ1) is 14.4. The minimum Gasteiger partial charge on any atom is -0.354 e. The Morgan fingerprint density at radius 2 is 1.70 bits per heavy atom. The lowest BCUT2D eigenvalue weighted by Crippen LogP contribution is -2.39. The quantitative estimate of drug-likeness (QED) is 0.512. The van der Waals surface area contributed by atoms with Crippen molar-refractivity contribution in [3.05, 3.63) is 77.9 Å². The van der Waals surface area contributed by atoms with Crippen molar-refractivity contribution in [1.29, 1.82) is 0 Å². The molecule has 0 spiro atoms. The molecule has 5 nitrogen and oxygen atoms in total. The normalized spacial score (nSPS) is 11.7. The molecule has 3 aromatic rings. The molecule has 30 heavy (non-hydrogen) atoms. The third-order valence-corrected chi connectivity index (χ3v) is 7.69. The number of sulfonamides is 1. The van der Waals surface area contributed by atoms with Crippen LogP contribution in [0.25, 0.3) is 10.8 Å². The van der Waals surface area contributed by atoms with E-state index in [2.05, 4.69) is 24.4 Å². The van der Waals surface area contributed by atoms with Crippen LogP contribution in [0.4, 0.5) is 0 Å². The predicted molar refractivity (Wildman–Crippen MR) is 124 cm³/mol. The van der Waals surface area contributed by atoms with Gasteiger partial charge in [0, 0.05) is 25.1 Å². The van der Waals surface area contributed by atoms with Gasteiger partial charge in [0.15, 0.2) is 0 Å². The SMILES string of the molecule is Cc1ccccc1CSCCNC(=O)CN(C)S(=O)(=O)c1ccc2ccccc2c1. The molecule has 0 saturated carbocycles. The number of rotatable bonds is 9. The van der Waals surface area contributed by atoms with Crippen molar-refractivity contribution in [1.82, 2.24) is 9.62 Å². The fourth-order valence-electron chi connectivity index (χ4n) is 3.07. The number of fused-ring (bicyclic) bond motifs is 1. The van der Waals surface area contributed by atoms with Gasteiger partial charge in [0.1, 0.15) is 0 Å². The van der Waals surface area contributed by atoms with Gasteiger partial charge in [0.25, 0.3) is 0 Å². The minimum absolute atomic E-state index is 0.185. The number of carbonyl (C=O) groups is 1. The number of thioether (sulfide) groups is 1. The largest absolute Gasteiger partial charge is 0.354 e. The number of likely N-dealkylation sites (N-methyl/N-ethyl adjacent to an activating group) is 1. The molecular weight excluding hydrogens is 416 g/mol. The van der Waals surface area contributed by atoms with Crippen molar-refractivity contribution >= 4 is 38.5 Å². The standard InChI is InChI=1S/C23H26N2O3S2/c1-18-7-3-4-10-21(18)17-29-14-13-24-23(26)16-25(2)30(27,28)22-12-11-19-8-5-6-9-20(19)15-22/h3-12,15H,13-14,16-17H2,1-2H3,(H,24,26). The number of hydrogen-bond acceptors (Lipinski definition) is 4. The molecular formula is C23H26N2O3S2. The summed E-state index contributed by atoms with van der Waals surface area (Å²) in [6, 6.07) is 20.8. The van der Waals surface area contributed by atoms with Gasteiger partial charge >= 0.3 is 0 Å². The Balaban J connectivity index is 1.48. The van der Waals surface area contributed by atoms with E-state index in [4.69, 9.17) is 0 Å². The van der Waals surface area contributed by atoms with Crippen LogP contribution < -0.4 is 5.32 Å². The third-order valence-electron chi connectivity index (χ3n) is 4.88. The zero-order chi connectivity index (χ0) is 21.6. The molecule has 0 saturated heterocycles. The first-order valence-electron chi connectivity index (χ1n) is 9.72. The fourth-order valence-corrected chi connectivity index (χ4v) is 5.17. The van der Waals surface area contributed by atoms with E-state index in [1.165, 1.54) is 18.2 Å².